The third-order valence-corrected chi connectivity index (χ3v) is 6.01. The van der Waals surface area contributed by atoms with Crippen LogP contribution in [0.15, 0.2) is 6.20 Å². The van der Waals surface area contributed by atoms with Crippen LogP contribution in [0.25, 0.3) is 22.6 Å². The Balaban J connectivity index is 0.000000384. The number of anilines is 2. The van der Waals surface area contributed by atoms with Crippen LogP contribution in [0.1, 0.15) is 25.5 Å². The van der Waals surface area contributed by atoms with Crippen molar-refractivity contribution in [3.63, 3.8) is 0 Å². The SMILES string of the molecule is Cc1nc(N)ncc1-c1nc(N2CCOC[C@@H]2C)c2nc(Cl)n(CC3CC3)c2n1.O=C(O)OC(=O)O. The number of halogens is 1. The maximum Gasteiger partial charge on any atom is 0.516 e. The summed E-state index contributed by atoms with van der Waals surface area (Å²) in [4.78, 5) is 43.4. The number of carboxylic acid groups (broad SMARTS) is 2. The van der Waals surface area contributed by atoms with Crippen LogP contribution in [-0.2, 0) is 16.0 Å². The summed E-state index contributed by atoms with van der Waals surface area (Å²) in [6.07, 6.45) is 0.479. The maximum absolute atomic E-state index is 9.21. The zero-order chi connectivity index (χ0) is 26.0. The molecule has 4 heterocycles. The van der Waals surface area contributed by atoms with Crippen molar-refractivity contribution in [1.82, 2.24) is 29.5 Å². The molecular formula is C21H25ClN8O6. The first kappa shape index (κ1) is 25.3. The monoisotopic (exact) mass is 520 g/mol. The fourth-order valence-corrected chi connectivity index (χ4v) is 4.06. The van der Waals surface area contributed by atoms with Crippen LogP contribution in [0.3, 0.4) is 0 Å². The molecule has 36 heavy (non-hydrogen) atoms. The fraction of sp³-hybridized carbons (Fsp3) is 0.476. The van der Waals surface area contributed by atoms with E-state index in [1.165, 1.54) is 12.8 Å². The Bertz CT molecular complexity index is 1290. The summed E-state index contributed by atoms with van der Waals surface area (Å²) < 4.78 is 10.7. The molecule has 0 spiro atoms. The first-order chi connectivity index (χ1) is 17.1. The van der Waals surface area contributed by atoms with E-state index in [4.69, 9.17) is 42.3 Å². The molecule has 1 aliphatic carbocycles. The second kappa shape index (κ2) is 10.5. The molecule has 15 heteroatoms. The van der Waals surface area contributed by atoms with Crippen molar-refractivity contribution in [1.29, 1.82) is 0 Å². The number of rotatable bonds is 4. The van der Waals surface area contributed by atoms with E-state index in [1.54, 1.807) is 6.20 Å². The molecule has 0 radical (unpaired) electrons. The van der Waals surface area contributed by atoms with Gasteiger partial charge in [-0.25, -0.2) is 34.5 Å². The van der Waals surface area contributed by atoms with Crippen molar-refractivity contribution in [3.05, 3.63) is 17.2 Å². The number of aryl methyl sites for hydroxylation is 1. The molecule has 1 aliphatic heterocycles. The van der Waals surface area contributed by atoms with Gasteiger partial charge >= 0.3 is 12.3 Å². The van der Waals surface area contributed by atoms with E-state index in [0.29, 0.717) is 30.2 Å². The highest BCUT2D eigenvalue weighted by Gasteiger charge is 2.29. The van der Waals surface area contributed by atoms with Crippen LogP contribution in [-0.4, -0.2) is 77.8 Å². The quantitative estimate of drug-likeness (QED) is 0.258. The van der Waals surface area contributed by atoms with Crippen molar-refractivity contribution in [2.24, 2.45) is 5.92 Å². The van der Waals surface area contributed by atoms with Crippen molar-refractivity contribution in [2.45, 2.75) is 39.3 Å². The summed E-state index contributed by atoms with van der Waals surface area (Å²) in [6, 6.07) is 0.172. The Labute approximate surface area is 210 Å². The molecule has 3 aromatic rings. The number of nitrogens with two attached hydrogens (primary N) is 1. The van der Waals surface area contributed by atoms with E-state index < -0.39 is 12.3 Å². The molecule has 5 rings (SSSR count). The zero-order valence-electron chi connectivity index (χ0n) is 19.6. The van der Waals surface area contributed by atoms with Gasteiger partial charge in [-0.1, -0.05) is 0 Å². The average molecular weight is 521 g/mol. The van der Waals surface area contributed by atoms with Crippen LogP contribution in [0, 0.1) is 12.8 Å². The van der Waals surface area contributed by atoms with Gasteiger partial charge in [-0.3, -0.25) is 4.57 Å². The number of ether oxygens (including phenoxy) is 2. The Morgan fingerprint density at radius 1 is 1.22 bits per heavy atom. The molecule has 0 amide bonds. The summed E-state index contributed by atoms with van der Waals surface area (Å²) in [5, 5.41) is 15.4. The molecule has 3 aromatic heterocycles. The lowest BCUT2D eigenvalue weighted by Gasteiger charge is -2.34. The number of aromatic nitrogens is 6. The molecule has 14 nitrogen and oxygen atoms in total. The van der Waals surface area contributed by atoms with E-state index in [2.05, 4.69) is 31.5 Å². The third-order valence-electron chi connectivity index (χ3n) is 5.72. The minimum Gasteiger partial charge on any atom is -0.449 e. The molecule has 0 aromatic carbocycles. The van der Waals surface area contributed by atoms with Crippen LogP contribution >= 0.6 is 11.6 Å². The highest BCUT2D eigenvalue weighted by Crippen LogP contribution is 2.36. The second-order valence-electron chi connectivity index (χ2n) is 8.46. The minimum atomic E-state index is -1.81. The minimum absolute atomic E-state index is 0.172. The van der Waals surface area contributed by atoms with Gasteiger partial charge < -0.3 is 30.3 Å². The van der Waals surface area contributed by atoms with Gasteiger partial charge in [0, 0.05) is 19.3 Å². The molecule has 2 fully saturated rings. The second-order valence-corrected chi connectivity index (χ2v) is 8.79. The molecule has 2 aliphatic rings. The summed E-state index contributed by atoms with van der Waals surface area (Å²) in [5.41, 5.74) is 8.69. The van der Waals surface area contributed by atoms with Crippen molar-refractivity contribution in [3.8, 4) is 11.4 Å². The van der Waals surface area contributed by atoms with E-state index in [0.717, 1.165) is 41.3 Å². The lowest BCUT2D eigenvalue weighted by atomic mass is 10.2. The molecular weight excluding hydrogens is 496 g/mol. The van der Waals surface area contributed by atoms with E-state index in [9.17, 15) is 9.59 Å². The topological polar surface area (TPSA) is 192 Å². The highest BCUT2D eigenvalue weighted by atomic mass is 35.5. The molecule has 192 valence electrons. The number of morpholine rings is 1. The zero-order valence-corrected chi connectivity index (χ0v) is 20.3. The third kappa shape index (κ3) is 5.71. The van der Waals surface area contributed by atoms with Gasteiger partial charge in [-0.15, -0.1) is 0 Å². The normalized spacial score (nSPS) is 17.4. The van der Waals surface area contributed by atoms with E-state index >= 15 is 0 Å². The first-order valence-corrected chi connectivity index (χ1v) is 11.5. The Hall–Kier alpha value is -3.78. The summed E-state index contributed by atoms with van der Waals surface area (Å²) in [7, 11) is 0. The predicted octanol–water partition coefficient (Wildman–Crippen LogP) is 2.82. The van der Waals surface area contributed by atoms with E-state index in [1.807, 2.05) is 11.5 Å². The molecule has 1 saturated carbocycles. The highest BCUT2D eigenvalue weighted by molar-refractivity contribution is 6.29. The molecule has 0 unspecified atom stereocenters. The standard InChI is InChI=1S/C19H23ClN8O.C2H2O5/c1-10-9-29-6-5-27(10)16-14-17(28(18(20)24-14)8-12-3-4-12)26-15(25-16)13-7-22-19(21)23-11(13)2;3-1(4)7-2(5)6/h7,10,12H,3-6,8-9H2,1-2H3,(H2,21,22,23);(H,3,4)(H,5,6)/t10-;/m0./s1. The number of nitrogen functional groups attached to an aromatic ring is 1. The number of carbonyl (C=O) groups is 2. The van der Waals surface area contributed by atoms with Gasteiger partial charge in [0.25, 0.3) is 0 Å². The predicted molar refractivity (Wildman–Crippen MR) is 128 cm³/mol. The molecule has 1 atom stereocenters. The smallest absolute Gasteiger partial charge is 0.449 e. The molecule has 0 bridgehead atoms. The van der Waals surface area contributed by atoms with Crippen molar-refractivity contribution >= 4 is 46.8 Å². The van der Waals surface area contributed by atoms with Gasteiger partial charge in [0.1, 0.15) is 0 Å². The average Bonchev–Trinajstić information content (AvgIpc) is 3.56. The number of imidazole rings is 1. The molecule has 1 saturated heterocycles. The number of hydrogen-bond acceptors (Lipinski definition) is 11. The molecule has 4 N–H and O–H groups in total. The maximum atomic E-state index is 9.21. The summed E-state index contributed by atoms with van der Waals surface area (Å²) >= 11 is 6.54. The van der Waals surface area contributed by atoms with Crippen molar-refractivity contribution in [2.75, 3.05) is 30.4 Å². The largest absolute Gasteiger partial charge is 0.516 e. The fourth-order valence-electron chi connectivity index (χ4n) is 3.82. The van der Waals surface area contributed by atoms with Crippen molar-refractivity contribution < 1.29 is 29.3 Å². The van der Waals surface area contributed by atoms with Crippen LogP contribution < -0.4 is 10.6 Å². The Morgan fingerprint density at radius 2 is 1.94 bits per heavy atom. The van der Waals surface area contributed by atoms with E-state index in [-0.39, 0.29) is 12.0 Å². The summed E-state index contributed by atoms with van der Waals surface area (Å²) in [6.45, 7) is 6.84. The van der Waals surface area contributed by atoms with Gasteiger partial charge in [-0.05, 0) is 44.2 Å². The number of nitrogens with zero attached hydrogens (tertiary/aromatic N) is 7. The van der Waals surface area contributed by atoms with Crippen LogP contribution in [0.2, 0.25) is 5.28 Å². The Morgan fingerprint density at radius 3 is 2.53 bits per heavy atom. The van der Waals surface area contributed by atoms with Gasteiger partial charge in [0.05, 0.1) is 30.5 Å². The van der Waals surface area contributed by atoms with Crippen LogP contribution in [0.4, 0.5) is 21.4 Å². The lowest BCUT2D eigenvalue weighted by molar-refractivity contribution is 0.0802. The van der Waals surface area contributed by atoms with Gasteiger partial charge in [0.2, 0.25) is 11.2 Å². The van der Waals surface area contributed by atoms with Gasteiger partial charge in [-0.2, -0.15) is 0 Å². The number of hydrogen-bond donors (Lipinski definition) is 3. The lowest BCUT2D eigenvalue weighted by Crippen LogP contribution is -2.44. The first-order valence-electron chi connectivity index (χ1n) is 11.1. The number of fused-ring (bicyclic) bond motifs is 1. The Kier molecular flexibility index (Phi) is 7.35. The van der Waals surface area contributed by atoms with Crippen LogP contribution in [0.5, 0.6) is 0 Å². The van der Waals surface area contributed by atoms with Gasteiger partial charge in [0.15, 0.2) is 22.8 Å². The summed E-state index contributed by atoms with van der Waals surface area (Å²) in [5.74, 6) is 2.19.